The molecular weight excluding hydrogens is 418 g/mol. The molecule has 32 heavy (non-hydrogen) atoms. The van der Waals surface area contributed by atoms with Crippen LogP contribution in [0.2, 0.25) is 5.02 Å². The van der Waals surface area contributed by atoms with Gasteiger partial charge in [-0.25, -0.2) is 0 Å². The number of carbonyl (C=O) groups excluding carboxylic acids is 1. The van der Waals surface area contributed by atoms with Gasteiger partial charge in [0.2, 0.25) is 5.91 Å². The largest absolute Gasteiger partial charge is 0.350 e. The van der Waals surface area contributed by atoms with Crippen molar-refractivity contribution in [2.75, 3.05) is 13.1 Å². The predicted molar refractivity (Wildman–Crippen MR) is 130 cm³/mol. The van der Waals surface area contributed by atoms with Crippen LogP contribution in [0, 0.1) is 23.7 Å². The third kappa shape index (κ3) is 3.78. The van der Waals surface area contributed by atoms with Gasteiger partial charge in [0, 0.05) is 42.8 Å². The second-order valence-electron chi connectivity index (χ2n) is 10.2. The molecule has 0 aromatic heterocycles. The van der Waals surface area contributed by atoms with Crippen molar-refractivity contribution in [1.82, 2.24) is 10.2 Å². The summed E-state index contributed by atoms with van der Waals surface area (Å²) in [5.41, 5.74) is 1.73. The van der Waals surface area contributed by atoms with E-state index in [0.717, 1.165) is 31.5 Å². The maximum atomic E-state index is 13.8. The monoisotopic (exact) mass is 449 g/mol. The minimum atomic E-state index is -0.671. The average Bonchev–Trinajstić information content (AvgIpc) is 3.04. The number of hydrogen-bond donors (Lipinski definition) is 1. The van der Waals surface area contributed by atoms with E-state index in [1.807, 2.05) is 24.3 Å². The average molecular weight is 450 g/mol. The van der Waals surface area contributed by atoms with E-state index >= 15 is 0 Å². The number of amides is 1. The van der Waals surface area contributed by atoms with Crippen LogP contribution in [0.25, 0.3) is 0 Å². The normalized spacial score (nSPS) is 30.8. The molecule has 5 unspecified atom stereocenters. The van der Waals surface area contributed by atoms with Crippen LogP contribution in [-0.4, -0.2) is 41.7 Å². The van der Waals surface area contributed by atoms with E-state index in [9.17, 15) is 4.79 Å². The zero-order chi connectivity index (χ0) is 22.3. The number of rotatable bonds is 7. The van der Waals surface area contributed by atoms with E-state index in [1.54, 1.807) is 0 Å². The standard InChI is InChI=1S/C27H32ClN3O/c1-18(2)16-31-17-22-13-21-15-30-27(22,25(31)24(21)12-19-6-4-3-5-7-19)26(32)29-14-20-8-10-23(28)11-9-20/h3-11,15,18,21-22,24-25H,12-14,16-17H2,1-2H3,(H,29,32). The van der Waals surface area contributed by atoms with E-state index in [1.165, 1.54) is 5.56 Å². The van der Waals surface area contributed by atoms with Crippen LogP contribution in [0.1, 0.15) is 31.4 Å². The minimum absolute atomic E-state index is 0.0844. The Bertz CT molecular complexity index is 990. The Hall–Kier alpha value is -2.17. The maximum Gasteiger partial charge on any atom is 0.250 e. The SMILES string of the molecule is CC(C)CN1CC2CC3C=NC2(C(=O)NCc2ccc(Cl)cc2)C1C3Cc1ccccc1. The molecule has 1 N–H and O–H groups in total. The van der Waals surface area contributed by atoms with E-state index in [2.05, 4.69) is 60.6 Å². The van der Waals surface area contributed by atoms with Gasteiger partial charge in [0.25, 0.3) is 0 Å². The smallest absolute Gasteiger partial charge is 0.250 e. The summed E-state index contributed by atoms with van der Waals surface area (Å²) in [4.78, 5) is 21.4. The van der Waals surface area contributed by atoms with Gasteiger partial charge in [-0.3, -0.25) is 14.7 Å². The molecule has 1 amide bonds. The Labute approximate surface area is 196 Å². The second kappa shape index (κ2) is 8.64. The van der Waals surface area contributed by atoms with Crippen LogP contribution >= 0.6 is 11.6 Å². The molecule has 4 bridgehead atoms. The van der Waals surface area contributed by atoms with Crippen LogP contribution < -0.4 is 5.32 Å². The van der Waals surface area contributed by atoms with Crippen molar-refractivity contribution in [3.05, 3.63) is 70.7 Å². The van der Waals surface area contributed by atoms with Crippen molar-refractivity contribution >= 4 is 23.7 Å². The fraction of sp³-hybridized carbons (Fsp3) is 0.481. The molecule has 1 saturated heterocycles. The summed E-state index contributed by atoms with van der Waals surface area (Å²) < 4.78 is 0. The van der Waals surface area contributed by atoms with E-state index in [-0.39, 0.29) is 11.9 Å². The van der Waals surface area contributed by atoms with Crippen LogP contribution in [0.3, 0.4) is 0 Å². The lowest BCUT2D eigenvalue weighted by Gasteiger charge is -2.51. The van der Waals surface area contributed by atoms with Crippen molar-refractivity contribution in [1.29, 1.82) is 0 Å². The second-order valence-corrected chi connectivity index (χ2v) is 10.6. The highest BCUT2D eigenvalue weighted by Gasteiger charge is 2.67. The topological polar surface area (TPSA) is 44.7 Å². The lowest BCUT2D eigenvalue weighted by Crippen LogP contribution is -2.66. The third-order valence-electron chi connectivity index (χ3n) is 7.56. The van der Waals surface area contributed by atoms with E-state index < -0.39 is 5.54 Å². The first-order valence-electron chi connectivity index (χ1n) is 11.8. The first-order valence-corrected chi connectivity index (χ1v) is 12.2. The summed E-state index contributed by atoms with van der Waals surface area (Å²) in [6, 6.07) is 18.6. The summed E-state index contributed by atoms with van der Waals surface area (Å²) >= 11 is 6.02. The number of halogens is 1. The van der Waals surface area contributed by atoms with Crippen LogP contribution in [0.15, 0.2) is 59.6 Å². The Morgan fingerprint density at radius 2 is 1.91 bits per heavy atom. The predicted octanol–water partition coefficient (Wildman–Crippen LogP) is 4.61. The van der Waals surface area contributed by atoms with Gasteiger partial charge in [-0.2, -0.15) is 0 Å². The fourth-order valence-electron chi connectivity index (χ4n) is 6.33. The quantitative estimate of drug-likeness (QED) is 0.670. The molecule has 3 aliphatic heterocycles. The number of likely N-dealkylation sites (tertiary alicyclic amines) is 1. The molecule has 3 heterocycles. The van der Waals surface area contributed by atoms with Gasteiger partial charge in [0.05, 0.1) is 0 Å². The Balaban J connectivity index is 1.44. The molecule has 0 spiro atoms. The van der Waals surface area contributed by atoms with Crippen molar-refractivity contribution in [2.45, 2.75) is 44.8 Å². The van der Waals surface area contributed by atoms with Crippen LogP contribution in [0.5, 0.6) is 0 Å². The number of carbonyl (C=O) groups is 1. The molecule has 1 saturated carbocycles. The molecule has 168 valence electrons. The van der Waals surface area contributed by atoms with Gasteiger partial charge in [0.1, 0.15) is 0 Å². The summed E-state index contributed by atoms with van der Waals surface area (Å²) in [5, 5.41) is 3.95. The Morgan fingerprint density at radius 1 is 1.16 bits per heavy atom. The highest BCUT2D eigenvalue weighted by atomic mass is 35.5. The first kappa shape index (κ1) is 21.7. The molecule has 2 aromatic rings. The number of nitrogens with one attached hydrogen (secondary N) is 1. The summed E-state index contributed by atoms with van der Waals surface area (Å²) in [5.74, 6) is 1.80. The van der Waals surface area contributed by atoms with E-state index in [4.69, 9.17) is 16.6 Å². The highest BCUT2D eigenvalue weighted by Crippen LogP contribution is 2.54. The zero-order valence-corrected chi connectivity index (χ0v) is 19.6. The molecule has 1 aliphatic carbocycles. The van der Waals surface area contributed by atoms with Gasteiger partial charge in [-0.15, -0.1) is 0 Å². The molecule has 4 nitrogen and oxygen atoms in total. The first-order chi connectivity index (χ1) is 15.5. The molecule has 4 aliphatic rings. The molecule has 5 atom stereocenters. The Morgan fingerprint density at radius 3 is 2.62 bits per heavy atom. The highest BCUT2D eigenvalue weighted by molar-refractivity contribution is 6.30. The summed E-state index contributed by atoms with van der Waals surface area (Å²) in [6.45, 7) is 7.02. The molecule has 2 fully saturated rings. The van der Waals surface area contributed by atoms with Gasteiger partial charge >= 0.3 is 0 Å². The van der Waals surface area contributed by atoms with Crippen molar-refractivity contribution < 1.29 is 4.79 Å². The zero-order valence-electron chi connectivity index (χ0n) is 18.9. The van der Waals surface area contributed by atoms with Gasteiger partial charge in [0.15, 0.2) is 5.54 Å². The molecular formula is C27H32ClN3O. The number of nitrogens with zero attached hydrogens (tertiary/aromatic N) is 2. The summed E-state index contributed by atoms with van der Waals surface area (Å²) in [6.07, 6.45) is 4.16. The molecule has 5 heteroatoms. The fourth-order valence-corrected chi connectivity index (χ4v) is 6.45. The van der Waals surface area contributed by atoms with Gasteiger partial charge < -0.3 is 5.32 Å². The molecule has 0 radical (unpaired) electrons. The molecule has 2 aromatic carbocycles. The van der Waals surface area contributed by atoms with E-state index in [0.29, 0.717) is 35.2 Å². The third-order valence-corrected chi connectivity index (χ3v) is 7.81. The Kier molecular flexibility index (Phi) is 5.85. The van der Waals surface area contributed by atoms with Crippen LogP contribution in [0.4, 0.5) is 0 Å². The maximum absolute atomic E-state index is 13.8. The van der Waals surface area contributed by atoms with Crippen molar-refractivity contribution in [2.24, 2.45) is 28.7 Å². The van der Waals surface area contributed by atoms with Gasteiger partial charge in [-0.1, -0.05) is 67.9 Å². The lowest BCUT2D eigenvalue weighted by molar-refractivity contribution is -0.132. The minimum Gasteiger partial charge on any atom is -0.350 e. The summed E-state index contributed by atoms with van der Waals surface area (Å²) in [7, 11) is 0. The number of hydrogen-bond acceptors (Lipinski definition) is 3. The number of benzene rings is 2. The van der Waals surface area contributed by atoms with Crippen LogP contribution in [-0.2, 0) is 17.8 Å². The van der Waals surface area contributed by atoms with Crippen molar-refractivity contribution in [3.63, 3.8) is 0 Å². The van der Waals surface area contributed by atoms with Gasteiger partial charge in [-0.05, 0) is 53.9 Å². The molecule has 6 rings (SSSR count). The lowest BCUT2D eigenvalue weighted by atomic mass is 9.59. The van der Waals surface area contributed by atoms with Crippen molar-refractivity contribution in [3.8, 4) is 0 Å². The number of aliphatic imine (C=N–C) groups is 1.